The van der Waals surface area contributed by atoms with Gasteiger partial charge < -0.3 is 20.1 Å². The van der Waals surface area contributed by atoms with Gasteiger partial charge in [0.05, 0.1) is 13.2 Å². The van der Waals surface area contributed by atoms with E-state index in [1.807, 2.05) is 0 Å². The van der Waals surface area contributed by atoms with Crippen molar-refractivity contribution in [2.24, 2.45) is 5.73 Å². The second-order valence-electron chi connectivity index (χ2n) is 14.9. The van der Waals surface area contributed by atoms with Crippen LogP contribution >= 0.6 is 7.82 Å². The second kappa shape index (κ2) is 41.9. The van der Waals surface area contributed by atoms with Crippen molar-refractivity contribution in [2.75, 3.05) is 26.4 Å². The van der Waals surface area contributed by atoms with Gasteiger partial charge in [0, 0.05) is 19.4 Å². The molecule has 10 heteroatoms. The van der Waals surface area contributed by atoms with E-state index in [4.69, 9.17) is 24.3 Å². The fraction of sp³-hybridized carbons (Fsp3) is 0.822. The monoisotopic (exact) mass is 798 g/mol. The Balaban J connectivity index is 4.14. The number of phosphoric ester groups is 1. The smallest absolute Gasteiger partial charge is 0.462 e. The molecule has 0 saturated heterocycles. The molecule has 0 spiro atoms. The van der Waals surface area contributed by atoms with E-state index in [0.29, 0.717) is 6.42 Å². The molecular formula is C45H84NO8P. The molecular weight excluding hydrogens is 713 g/mol. The number of esters is 2. The largest absolute Gasteiger partial charge is 0.472 e. The van der Waals surface area contributed by atoms with Crippen LogP contribution in [0.15, 0.2) is 36.5 Å². The first-order chi connectivity index (χ1) is 26.8. The zero-order valence-corrected chi connectivity index (χ0v) is 36.3. The fourth-order valence-electron chi connectivity index (χ4n) is 6.13. The van der Waals surface area contributed by atoms with E-state index in [0.717, 1.165) is 70.6 Å². The molecule has 2 atom stereocenters. The summed E-state index contributed by atoms with van der Waals surface area (Å²) in [4.78, 5) is 34.9. The number of carbonyl (C=O) groups is 2. The summed E-state index contributed by atoms with van der Waals surface area (Å²) in [5.74, 6) is -0.846. The summed E-state index contributed by atoms with van der Waals surface area (Å²) < 4.78 is 32.8. The third-order valence-electron chi connectivity index (χ3n) is 9.50. The van der Waals surface area contributed by atoms with Crippen molar-refractivity contribution in [3.8, 4) is 0 Å². The minimum Gasteiger partial charge on any atom is -0.462 e. The van der Waals surface area contributed by atoms with E-state index in [9.17, 15) is 19.0 Å². The Morgan fingerprint density at radius 3 is 1.44 bits per heavy atom. The number of hydrogen-bond acceptors (Lipinski definition) is 8. The molecule has 0 amide bonds. The number of carbonyl (C=O) groups excluding carboxylic acids is 2. The molecule has 0 aromatic heterocycles. The lowest BCUT2D eigenvalue weighted by Gasteiger charge is -2.19. The average Bonchev–Trinajstić information content (AvgIpc) is 3.17. The molecule has 9 nitrogen and oxygen atoms in total. The highest BCUT2D eigenvalue weighted by atomic mass is 31.2. The minimum atomic E-state index is -4.38. The van der Waals surface area contributed by atoms with E-state index in [1.54, 1.807) is 0 Å². The van der Waals surface area contributed by atoms with E-state index < -0.39 is 26.5 Å². The van der Waals surface area contributed by atoms with Crippen molar-refractivity contribution in [2.45, 2.75) is 213 Å². The topological polar surface area (TPSA) is 134 Å². The van der Waals surface area contributed by atoms with Crippen LogP contribution < -0.4 is 5.73 Å². The Morgan fingerprint density at radius 2 is 0.945 bits per heavy atom. The van der Waals surface area contributed by atoms with Gasteiger partial charge in [0.1, 0.15) is 6.61 Å². The Bertz CT molecular complexity index is 1000. The van der Waals surface area contributed by atoms with Gasteiger partial charge >= 0.3 is 19.8 Å². The Kier molecular flexibility index (Phi) is 40.5. The molecule has 0 heterocycles. The van der Waals surface area contributed by atoms with Crippen LogP contribution in [0.4, 0.5) is 0 Å². The number of nitrogens with two attached hydrogens (primary N) is 1. The van der Waals surface area contributed by atoms with Crippen LogP contribution in [-0.4, -0.2) is 49.3 Å². The van der Waals surface area contributed by atoms with Crippen LogP contribution in [-0.2, 0) is 32.7 Å². The van der Waals surface area contributed by atoms with Gasteiger partial charge in [-0.15, -0.1) is 0 Å². The van der Waals surface area contributed by atoms with Crippen molar-refractivity contribution in [1.29, 1.82) is 0 Å². The number of allylic oxidation sites excluding steroid dienone is 6. The van der Waals surface area contributed by atoms with Crippen molar-refractivity contribution in [3.63, 3.8) is 0 Å². The van der Waals surface area contributed by atoms with Crippen LogP contribution in [0.2, 0.25) is 0 Å². The number of phosphoric acid groups is 1. The summed E-state index contributed by atoms with van der Waals surface area (Å²) >= 11 is 0. The molecule has 0 aliphatic heterocycles. The number of hydrogen-bond donors (Lipinski definition) is 2. The van der Waals surface area contributed by atoms with Gasteiger partial charge in [-0.2, -0.15) is 0 Å². The number of unbranched alkanes of at least 4 members (excludes halogenated alkanes) is 23. The molecule has 322 valence electrons. The summed E-state index contributed by atoms with van der Waals surface area (Å²) in [5, 5.41) is 0. The van der Waals surface area contributed by atoms with Crippen LogP contribution in [0.25, 0.3) is 0 Å². The lowest BCUT2D eigenvalue weighted by Crippen LogP contribution is -2.29. The Labute approximate surface area is 337 Å². The second-order valence-corrected chi connectivity index (χ2v) is 16.4. The number of ether oxygens (including phenoxy) is 2. The quantitative estimate of drug-likeness (QED) is 0.0268. The Morgan fingerprint density at radius 1 is 0.545 bits per heavy atom. The average molecular weight is 798 g/mol. The molecule has 0 bridgehead atoms. The molecule has 55 heavy (non-hydrogen) atoms. The number of rotatable bonds is 42. The molecule has 0 aliphatic carbocycles. The van der Waals surface area contributed by atoms with Crippen molar-refractivity contribution < 1.29 is 37.6 Å². The molecule has 0 saturated carbocycles. The fourth-order valence-corrected chi connectivity index (χ4v) is 6.89. The molecule has 0 aromatic carbocycles. The van der Waals surface area contributed by atoms with Gasteiger partial charge in [-0.3, -0.25) is 18.6 Å². The zero-order chi connectivity index (χ0) is 40.3. The van der Waals surface area contributed by atoms with Crippen molar-refractivity contribution in [3.05, 3.63) is 36.5 Å². The summed E-state index contributed by atoms with van der Waals surface area (Å²) in [5.41, 5.74) is 5.35. The normalized spacial score (nSPS) is 13.6. The molecule has 1 unspecified atom stereocenters. The molecule has 0 aromatic rings. The standard InChI is InChI=1S/C45H84NO8P/c1-3-5-7-9-11-13-15-17-19-20-21-22-24-25-27-29-31-33-35-37-44(47)51-41-43(42-53-55(49,50)52-40-39-46)54-45(48)38-36-34-32-30-28-26-23-18-16-14-12-10-8-6-4-2/h12,14,18,20-21,23,43H,3-11,13,15-17,19,22,24-42,46H2,1-2H3,(H,49,50)/b14-12-,21-20-,23-18-/t43-/m1/s1. The van der Waals surface area contributed by atoms with Crippen LogP contribution in [0.5, 0.6) is 0 Å². The van der Waals surface area contributed by atoms with Crippen LogP contribution in [0.1, 0.15) is 206 Å². The van der Waals surface area contributed by atoms with Crippen LogP contribution in [0, 0.1) is 0 Å². The summed E-state index contributed by atoms with van der Waals surface area (Å²) in [7, 11) is -4.38. The molecule has 3 N–H and O–H groups in total. The first-order valence-corrected chi connectivity index (χ1v) is 24.0. The summed E-state index contributed by atoms with van der Waals surface area (Å²) in [6, 6.07) is 0. The predicted octanol–water partition coefficient (Wildman–Crippen LogP) is 12.9. The lowest BCUT2D eigenvalue weighted by atomic mass is 10.1. The molecule has 0 radical (unpaired) electrons. The van der Waals surface area contributed by atoms with Crippen LogP contribution in [0.3, 0.4) is 0 Å². The third kappa shape index (κ3) is 41.7. The summed E-state index contributed by atoms with van der Waals surface area (Å²) in [6.45, 7) is 3.69. The highest BCUT2D eigenvalue weighted by Crippen LogP contribution is 2.43. The van der Waals surface area contributed by atoms with E-state index in [-0.39, 0.29) is 38.6 Å². The molecule has 0 aliphatic rings. The van der Waals surface area contributed by atoms with E-state index >= 15 is 0 Å². The summed E-state index contributed by atoms with van der Waals surface area (Å²) in [6.07, 6.45) is 46.0. The third-order valence-corrected chi connectivity index (χ3v) is 10.5. The highest BCUT2D eigenvalue weighted by Gasteiger charge is 2.26. The van der Waals surface area contributed by atoms with Gasteiger partial charge in [0.2, 0.25) is 0 Å². The maximum absolute atomic E-state index is 12.6. The predicted molar refractivity (Wildman–Crippen MR) is 229 cm³/mol. The molecule has 0 rings (SSSR count). The van der Waals surface area contributed by atoms with Gasteiger partial charge in [0.25, 0.3) is 0 Å². The maximum atomic E-state index is 12.6. The van der Waals surface area contributed by atoms with Gasteiger partial charge in [-0.1, -0.05) is 159 Å². The van der Waals surface area contributed by atoms with E-state index in [2.05, 4.69) is 50.3 Å². The van der Waals surface area contributed by atoms with E-state index in [1.165, 1.54) is 103 Å². The molecule has 0 fully saturated rings. The lowest BCUT2D eigenvalue weighted by molar-refractivity contribution is -0.161. The van der Waals surface area contributed by atoms with Crippen molar-refractivity contribution in [1.82, 2.24) is 0 Å². The Hall–Kier alpha value is -1.77. The minimum absolute atomic E-state index is 0.0502. The first-order valence-electron chi connectivity index (χ1n) is 22.5. The highest BCUT2D eigenvalue weighted by molar-refractivity contribution is 7.47. The zero-order valence-electron chi connectivity index (χ0n) is 35.4. The van der Waals surface area contributed by atoms with Gasteiger partial charge in [-0.05, 0) is 70.6 Å². The SMILES string of the molecule is CCCCC/C=C\C/C=C\CCCCCCCC(=O)O[C@H](COC(=O)CCCCCCCCC/C=C\CCCCCCCCCC)COP(=O)(O)OCCN. The van der Waals surface area contributed by atoms with Gasteiger partial charge in [0.15, 0.2) is 6.10 Å². The van der Waals surface area contributed by atoms with Crippen molar-refractivity contribution >= 4 is 19.8 Å². The first kappa shape index (κ1) is 53.2. The maximum Gasteiger partial charge on any atom is 0.472 e. The van der Waals surface area contributed by atoms with Gasteiger partial charge in [-0.25, -0.2) is 4.57 Å².